The first-order chi connectivity index (χ1) is 16.6. The lowest BCUT2D eigenvalue weighted by molar-refractivity contribution is -0.0916. The Bertz CT molecular complexity index is 960. The molecule has 2 aromatic rings. The van der Waals surface area contributed by atoms with Crippen LogP contribution in [0.3, 0.4) is 0 Å². The van der Waals surface area contributed by atoms with E-state index in [9.17, 15) is 15.0 Å². The summed E-state index contributed by atoms with van der Waals surface area (Å²) in [5.74, 6) is -0.316. The van der Waals surface area contributed by atoms with Gasteiger partial charge in [-0.3, -0.25) is 0 Å². The fourth-order valence-electron chi connectivity index (χ4n) is 4.57. The van der Waals surface area contributed by atoms with E-state index in [0.717, 1.165) is 42.5 Å². The third-order valence-corrected chi connectivity index (χ3v) is 8.61. The molecule has 1 aliphatic rings. The van der Waals surface area contributed by atoms with Crippen LogP contribution < -0.4 is 0 Å². The van der Waals surface area contributed by atoms with Gasteiger partial charge < -0.3 is 25.2 Å². The van der Waals surface area contributed by atoms with Gasteiger partial charge >= 0.3 is 5.97 Å². The zero-order chi connectivity index (χ0) is 25.6. The van der Waals surface area contributed by atoms with Crippen LogP contribution in [0.2, 0.25) is 10.0 Å². The summed E-state index contributed by atoms with van der Waals surface area (Å²) in [5.41, 5.74) is -0.809. The number of aliphatic hydroxyl groups excluding tert-OH is 3. The molecule has 1 aliphatic carbocycles. The molecule has 1 fully saturated rings. The van der Waals surface area contributed by atoms with Gasteiger partial charge in [0.15, 0.2) is 0 Å². The van der Waals surface area contributed by atoms with Gasteiger partial charge in [0.2, 0.25) is 0 Å². The Labute approximate surface area is 224 Å². The van der Waals surface area contributed by atoms with Crippen LogP contribution in [0.15, 0.2) is 30.3 Å². The first-order valence-corrected chi connectivity index (χ1v) is 13.6. The first-order valence-electron chi connectivity index (χ1n) is 11.6. The average molecular weight is 566 g/mol. The van der Waals surface area contributed by atoms with Crippen LogP contribution in [0.5, 0.6) is 0 Å². The van der Waals surface area contributed by atoms with Crippen molar-refractivity contribution >= 4 is 52.1 Å². The highest BCUT2D eigenvalue weighted by atomic mass is 35.5. The Morgan fingerprint density at radius 2 is 1.74 bits per heavy atom. The summed E-state index contributed by atoms with van der Waals surface area (Å²) >= 11 is 20.1. The first kappa shape index (κ1) is 28.7. The zero-order valence-corrected chi connectivity index (χ0v) is 22.3. The molecule has 1 saturated carbocycles. The maximum absolute atomic E-state index is 12.2. The molecule has 0 saturated heterocycles. The van der Waals surface area contributed by atoms with E-state index in [1.165, 1.54) is 11.3 Å². The van der Waals surface area contributed by atoms with Crippen LogP contribution in [0, 0.1) is 11.8 Å². The lowest BCUT2D eigenvalue weighted by atomic mass is 9.85. The van der Waals surface area contributed by atoms with E-state index in [-0.39, 0.29) is 17.2 Å². The average Bonchev–Trinajstić information content (AvgIpc) is 3.39. The molecular formula is C25H31Cl3O6S. The number of carbonyl (C=O) groups excluding carboxylic acids is 1. The molecule has 6 nitrogen and oxygen atoms in total. The topological polar surface area (TPSA) is 107 Å². The predicted molar refractivity (Wildman–Crippen MR) is 139 cm³/mol. The lowest BCUT2D eigenvalue weighted by Gasteiger charge is -2.23. The Morgan fingerprint density at radius 3 is 2.40 bits per heavy atom. The van der Waals surface area contributed by atoms with Crippen molar-refractivity contribution in [2.45, 2.75) is 55.6 Å². The SMILES string of the molecule is O=C(OCC(O)(CO)CO)c1ccc(CCC[C@@H]2[C@@H](CCc3cc(Cl)cc(Cl)c3)[C@H](O)C[C@H]2Cl)s1. The van der Waals surface area contributed by atoms with Gasteiger partial charge in [-0.25, -0.2) is 4.79 Å². The van der Waals surface area contributed by atoms with Crippen LogP contribution in [0.4, 0.5) is 0 Å². The molecule has 4 atom stereocenters. The van der Waals surface area contributed by atoms with Gasteiger partial charge in [-0.05, 0) is 86.3 Å². The second-order valence-electron chi connectivity index (χ2n) is 9.24. The molecule has 194 valence electrons. The van der Waals surface area contributed by atoms with Gasteiger partial charge in [0, 0.05) is 20.3 Å². The van der Waals surface area contributed by atoms with Gasteiger partial charge in [-0.2, -0.15) is 0 Å². The van der Waals surface area contributed by atoms with E-state index >= 15 is 0 Å². The Morgan fingerprint density at radius 1 is 1.06 bits per heavy atom. The highest BCUT2D eigenvalue weighted by Gasteiger charge is 2.40. The van der Waals surface area contributed by atoms with Gasteiger partial charge in [-0.15, -0.1) is 22.9 Å². The molecule has 0 unspecified atom stereocenters. The van der Waals surface area contributed by atoms with Crippen molar-refractivity contribution in [1.82, 2.24) is 0 Å². The van der Waals surface area contributed by atoms with E-state index in [4.69, 9.17) is 49.8 Å². The molecule has 0 bridgehead atoms. The predicted octanol–water partition coefficient (Wildman–Crippen LogP) is 4.49. The van der Waals surface area contributed by atoms with E-state index in [1.54, 1.807) is 12.1 Å². The van der Waals surface area contributed by atoms with Crippen LogP contribution in [0.1, 0.15) is 45.8 Å². The summed E-state index contributed by atoms with van der Waals surface area (Å²) in [7, 11) is 0. The van der Waals surface area contributed by atoms with E-state index in [1.807, 2.05) is 18.2 Å². The second-order valence-corrected chi connectivity index (χ2v) is 11.8. The number of hydrogen-bond donors (Lipinski definition) is 4. The Balaban J connectivity index is 1.50. The molecule has 1 aromatic heterocycles. The summed E-state index contributed by atoms with van der Waals surface area (Å²) < 4.78 is 5.03. The number of hydrogen-bond acceptors (Lipinski definition) is 7. The highest BCUT2D eigenvalue weighted by Crippen LogP contribution is 2.42. The summed E-state index contributed by atoms with van der Waals surface area (Å²) in [6, 6.07) is 9.04. The molecule has 4 N–H and O–H groups in total. The number of halogens is 3. The lowest BCUT2D eigenvalue weighted by Crippen LogP contribution is -2.43. The third-order valence-electron chi connectivity index (χ3n) is 6.55. The molecular weight excluding hydrogens is 535 g/mol. The number of ether oxygens (including phenoxy) is 1. The van der Waals surface area contributed by atoms with Crippen molar-refractivity contribution in [2.75, 3.05) is 19.8 Å². The molecule has 3 rings (SSSR count). The maximum Gasteiger partial charge on any atom is 0.348 e. The standard InChI is InChI=1S/C25H31Cl3O6S/c26-16-8-15(9-17(27)10-16)4-6-20-19(21(28)11-22(20)31)3-1-2-18-5-7-23(35-18)24(32)34-14-25(33,12-29)13-30/h5,7-10,19-22,29-31,33H,1-4,6,11-14H2/t19-,20-,21-,22-/m1/s1. The minimum absolute atomic E-state index is 0.0800. The minimum Gasteiger partial charge on any atom is -0.458 e. The van der Waals surface area contributed by atoms with Crippen LogP contribution in [0.25, 0.3) is 0 Å². The molecule has 10 heteroatoms. The van der Waals surface area contributed by atoms with Crippen LogP contribution in [-0.2, 0) is 17.6 Å². The smallest absolute Gasteiger partial charge is 0.348 e. The molecule has 1 heterocycles. The number of aryl methyl sites for hydroxylation is 2. The number of esters is 1. The van der Waals surface area contributed by atoms with E-state index in [0.29, 0.717) is 21.3 Å². The third kappa shape index (κ3) is 8.04. The highest BCUT2D eigenvalue weighted by molar-refractivity contribution is 7.13. The van der Waals surface area contributed by atoms with Gasteiger partial charge in [0.05, 0.1) is 19.3 Å². The number of carbonyl (C=O) groups is 1. The van der Waals surface area contributed by atoms with Gasteiger partial charge in [0.1, 0.15) is 17.1 Å². The van der Waals surface area contributed by atoms with Crippen molar-refractivity contribution in [3.63, 3.8) is 0 Å². The fraction of sp³-hybridized carbons (Fsp3) is 0.560. The monoisotopic (exact) mass is 564 g/mol. The maximum atomic E-state index is 12.2. The molecule has 1 aromatic carbocycles. The largest absolute Gasteiger partial charge is 0.458 e. The number of thiophene rings is 1. The van der Waals surface area contributed by atoms with Crippen LogP contribution >= 0.6 is 46.1 Å². The van der Waals surface area contributed by atoms with Gasteiger partial charge in [0.25, 0.3) is 0 Å². The fourth-order valence-corrected chi connectivity index (χ4v) is 6.58. The minimum atomic E-state index is -1.85. The number of benzene rings is 1. The summed E-state index contributed by atoms with van der Waals surface area (Å²) in [5, 5.41) is 39.7. The molecule has 0 aliphatic heterocycles. The van der Waals surface area contributed by atoms with E-state index < -0.39 is 37.5 Å². The van der Waals surface area contributed by atoms with Crippen molar-refractivity contribution in [3.8, 4) is 0 Å². The molecule has 35 heavy (non-hydrogen) atoms. The number of rotatable bonds is 12. The number of aliphatic hydroxyl groups is 4. The quantitative estimate of drug-likeness (QED) is 0.223. The summed E-state index contributed by atoms with van der Waals surface area (Å²) in [6.45, 7) is -1.91. The molecule has 0 spiro atoms. The Kier molecular flexibility index (Phi) is 10.7. The van der Waals surface area contributed by atoms with Crippen molar-refractivity contribution in [1.29, 1.82) is 0 Å². The van der Waals surface area contributed by atoms with Crippen molar-refractivity contribution in [3.05, 3.63) is 55.7 Å². The van der Waals surface area contributed by atoms with Crippen molar-refractivity contribution < 1.29 is 30.0 Å². The summed E-state index contributed by atoms with van der Waals surface area (Å²) in [6.07, 6.45) is 4.21. The molecule has 0 amide bonds. The van der Waals surface area contributed by atoms with Gasteiger partial charge in [-0.1, -0.05) is 23.2 Å². The zero-order valence-electron chi connectivity index (χ0n) is 19.2. The van der Waals surface area contributed by atoms with Crippen molar-refractivity contribution in [2.24, 2.45) is 11.8 Å². The second kappa shape index (κ2) is 13.1. The normalized spacial score (nSPS) is 22.5. The van der Waals surface area contributed by atoms with E-state index in [2.05, 4.69) is 0 Å². The van der Waals surface area contributed by atoms with Crippen LogP contribution in [-0.4, -0.2) is 63.3 Å². The summed E-state index contributed by atoms with van der Waals surface area (Å²) in [4.78, 5) is 13.6. The number of alkyl halides is 1. The molecule has 0 radical (unpaired) electrons. The Hall–Kier alpha value is -0.900.